The number of rotatable bonds is 8. The minimum atomic E-state index is -0.898. The second-order valence-corrected chi connectivity index (χ2v) is 5.95. The average molecular weight is 318 g/mol. The molecule has 1 amide bonds. The lowest BCUT2D eigenvalue weighted by Crippen LogP contribution is -2.36. The molecule has 0 aliphatic rings. The van der Waals surface area contributed by atoms with Crippen LogP contribution in [0.5, 0.6) is 0 Å². The molecule has 0 saturated heterocycles. The van der Waals surface area contributed by atoms with E-state index in [-0.39, 0.29) is 31.2 Å². The Labute approximate surface area is 135 Å². The number of nitrogens with zero attached hydrogens (tertiary/aromatic N) is 2. The van der Waals surface area contributed by atoms with E-state index >= 15 is 0 Å². The number of aliphatic carboxylic acids is 1. The van der Waals surface area contributed by atoms with Gasteiger partial charge in [-0.05, 0) is 18.1 Å². The zero-order valence-electron chi connectivity index (χ0n) is 13.5. The molecule has 0 aliphatic heterocycles. The summed E-state index contributed by atoms with van der Waals surface area (Å²) in [5, 5.41) is 8.80. The molecule has 6 heteroatoms. The maximum atomic E-state index is 12.3. The summed E-state index contributed by atoms with van der Waals surface area (Å²) in [5.41, 5.74) is 1.49. The highest BCUT2D eigenvalue weighted by Gasteiger charge is 2.17. The molecule has 0 aliphatic carbocycles. The molecule has 0 radical (unpaired) electrons. The van der Waals surface area contributed by atoms with E-state index in [0.29, 0.717) is 24.4 Å². The smallest absolute Gasteiger partial charge is 0.305 e. The molecule has 0 fully saturated rings. The number of oxazole rings is 1. The van der Waals surface area contributed by atoms with Crippen molar-refractivity contribution < 1.29 is 19.1 Å². The summed E-state index contributed by atoms with van der Waals surface area (Å²) >= 11 is 0. The first-order chi connectivity index (χ1) is 11.0. The Morgan fingerprint density at radius 2 is 2.00 bits per heavy atom. The molecule has 6 nitrogen and oxygen atoms in total. The molecule has 2 aromatic rings. The van der Waals surface area contributed by atoms with Gasteiger partial charge < -0.3 is 14.4 Å². The fourth-order valence-corrected chi connectivity index (χ4v) is 2.39. The lowest BCUT2D eigenvalue weighted by Gasteiger charge is -2.23. The molecule has 0 unspecified atom stereocenters. The van der Waals surface area contributed by atoms with Crippen molar-refractivity contribution in [1.82, 2.24) is 9.88 Å². The van der Waals surface area contributed by atoms with Crippen LogP contribution < -0.4 is 0 Å². The van der Waals surface area contributed by atoms with Crippen LogP contribution >= 0.6 is 0 Å². The second kappa shape index (κ2) is 7.76. The fraction of sp³-hybridized carbons (Fsp3) is 0.471. The van der Waals surface area contributed by atoms with Crippen LogP contribution in [0.15, 0.2) is 28.7 Å². The number of carboxylic acids is 1. The Balaban J connectivity index is 1.95. The van der Waals surface area contributed by atoms with Crippen molar-refractivity contribution in [1.29, 1.82) is 0 Å². The van der Waals surface area contributed by atoms with Gasteiger partial charge in [0.2, 0.25) is 5.91 Å². The first kappa shape index (κ1) is 17.0. The predicted octanol–water partition coefficient (Wildman–Crippen LogP) is 2.72. The van der Waals surface area contributed by atoms with Gasteiger partial charge in [0.15, 0.2) is 11.5 Å². The van der Waals surface area contributed by atoms with E-state index in [4.69, 9.17) is 9.52 Å². The van der Waals surface area contributed by atoms with Gasteiger partial charge in [-0.3, -0.25) is 9.59 Å². The maximum Gasteiger partial charge on any atom is 0.305 e. The van der Waals surface area contributed by atoms with Crippen LogP contribution in [-0.2, 0) is 16.0 Å². The maximum absolute atomic E-state index is 12.3. The average Bonchev–Trinajstić information content (AvgIpc) is 2.91. The van der Waals surface area contributed by atoms with Crippen molar-refractivity contribution in [3.8, 4) is 0 Å². The Morgan fingerprint density at radius 1 is 1.26 bits per heavy atom. The number of aromatic nitrogens is 1. The molecule has 0 spiro atoms. The third-order valence-electron chi connectivity index (χ3n) is 3.42. The summed E-state index contributed by atoms with van der Waals surface area (Å²) in [6, 6.07) is 7.46. The van der Waals surface area contributed by atoms with Gasteiger partial charge in [0.25, 0.3) is 0 Å². The summed E-state index contributed by atoms with van der Waals surface area (Å²) in [5.74, 6) is -0.146. The number of para-hydroxylation sites is 2. The van der Waals surface area contributed by atoms with Crippen LogP contribution in [0.3, 0.4) is 0 Å². The highest BCUT2D eigenvalue weighted by Crippen LogP contribution is 2.16. The van der Waals surface area contributed by atoms with Gasteiger partial charge in [0.05, 0.1) is 6.42 Å². The number of carbonyl (C=O) groups is 2. The Kier molecular flexibility index (Phi) is 5.73. The zero-order valence-corrected chi connectivity index (χ0v) is 13.5. The monoisotopic (exact) mass is 318 g/mol. The Hall–Kier alpha value is -2.37. The van der Waals surface area contributed by atoms with E-state index in [1.807, 2.05) is 38.1 Å². The molecule has 124 valence electrons. The molecule has 1 heterocycles. The number of carboxylic acid groups (broad SMARTS) is 1. The summed E-state index contributed by atoms with van der Waals surface area (Å²) in [6.07, 6.45) is 0.635. The van der Waals surface area contributed by atoms with E-state index in [9.17, 15) is 9.59 Å². The Bertz CT molecular complexity index is 645. The lowest BCUT2D eigenvalue weighted by molar-refractivity contribution is -0.138. The van der Waals surface area contributed by atoms with E-state index in [1.165, 1.54) is 0 Å². The highest BCUT2D eigenvalue weighted by atomic mass is 16.4. The molecule has 1 N–H and O–H groups in total. The number of amides is 1. The van der Waals surface area contributed by atoms with E-state index < -0.39 is 5.97 Å². The summed E-state index contributed by atoms with van der Waals surface area (Å²) in [6.45, 7) is 4.79. The van der Waals surface area contributed by atoms with E-state index in [2.05, 4.69) is 4.98 Å². The van der Waals surface area contributed by atoms with Gasteiger partial charge in [-0.2, -0.15) is 0 Å². The number of benzene rings is 1. The number of aryl methyl sites for hydroxylation is 1. The van der Waals surface area contributed by atoms with Crippen molar-refractivity contribution in [2.75, 3.05) is 13.1 Å². The van der Waals surface area contributed by atoms with Crippen molar-refractivity contribution in [2.45, 2.75) is 33.1 Å². The van der Waals surface area contributed by atoms with Crippen molar-refractivity contribution in [2.24, 2.45) is 5.92 Å². The highest BCUT2D eigenvalue weighted by molar-refractivity contribution is 5.77. The molecule has 23 heavy (non-hydrogen) atoms. The van der Waals surface area contributed by atoms with Crippen molar-refractivity contribution in [3.63, 3.8) is 0 Å². The zero-order chi connectivity index (χ0) is 16.8. The Morgan fingerprint density at radius 3 is 2.65 bits per heavy atom. The molecule has 0 atom stereocenters. The third kappa shape index (κ3) is 5.09. The topological polar surface area (TPSA) is 83.6 Å². The first-order valence-corrected chi connectivity index (χ1v) is 7.79. The molecule has 0 saturated carbocycles. The second-order valence-electron chi connectivity index (χ2n) is 5.95. The quantitative estimate of drug-likeness (QED) is 0.809. The van der Waals surface area contributed by atoms with Crippen molar-refractivity contribution in [3.05, 3.63) is 30.2 Å². The minimum Gasteiger partial charge on any atom is -0.481 e. The third-order valence-corrected chi connectivity index (χ3v) is 3.42. The van der Waals surface area contributed by atoms with Gasteiger partial charge in [-0.25, -0.2) is 4.98 Å². The van der Waals surface area contributed by atoms with Crippen LogP contribution in [0.2, 0.25) is 0 Å². The number of fused-ring (bicyclic) bond motifs is 1. The molecular weight excluding hydrogens is 296 g/mol. The molecule has 1 aromatic heterocycles. The van der Waals surface area contributed by atoms with Crippen LogP contribution in [0.4, 0.5) is 0 Å². The summed E-state index contributed by atoms with van der Waals surface area (Å²) in [7, 11) is 0. The van der Waals surface area contributed by atoms with Gasteiger partial charge in [-0.1, -0.05) is 26.0 Å². The molecule has 0 bridgehead atoms. The van der Waals surface area contributed by atoms with Gasteiger partial charge in [-0.15, -0.1) is 0 Å². The van der Waals surface area contributed by atoms with Crippen molar-refractivity contribution >= 4 is 23.0 Å². The standard InChI is InChI=1S/C17H22N2O4/c1-12(2)11-19(10-9-17(21)22)16(20)8-7-15-18-13-5-3-4-6-14(13)23-15/h3-6,12H,7-11H2,1-2H3,(H,21,22). The lowest BCUT2D eigenvalue weighted by atomic mass is 10.1. The normalized spacial score (nSPS) is 11.1. The predicted molar refractivity (Wildman–Crippen MR) is 86.0 cm³/mol. The van der Waals surface area contributed by atoms with Crippen LogP contribution in [-0.4, -0.2) is 40.0 Å². The van der Waals surface area contributed by atoms with Gasteiger partial charge >= 0.3 is 5.97 Å². The van der Waals surface area contributed by atoms with Crippen LogP contribution in [0.25, 0.3) is 11.1 Å². The number of carbonyl (C=O) groups excluding carboxylic acids is 1. The summed E-state index contributed by atoms with van der Waals surface area (Å²) in [4.78, 5) is 29.0. The van der Waals surface area contributed by atoms with Crippen LogP contribution in [0.1, 0.15) is 32.6 Å². The van der Waals surface area contributed by atoms with Gasteiger partial charge in [0, 0.05) is 25.9 Å². The van der Waals surface area contributed by atoms with Crippen LogP contribution in [0, 0.1) is 5.92 Å². The minimum absolute atomic E-state index is 0.0403. The SMILES string of the molecule is CC(C)CN(CCC(=O)O)C(=O)CCc1nc2ccccc2o1. The molecule has 1 aromatic carbocycles. The summed E-state index contributed by atoms with van der Waals surface area (Å²) < 4.78 is 5.60. The molecular formula is C17H22N2O4. The fourth-order valence-electron chi connectivity index (χ4n) is 2.39. The first-order valence-electron chi connectivity index (χ1n) is 7.79. The van der Waals surface area contributed by atoms with Gasteiger partial charge in [0.1, 0.15) is 5.52 Å². The largest absolute Gasteiger partial charge is 0.481 e. The number of hydrogen-bond donors (Lipinski definition) is 1. The van der Waals surface area contributed by atoms with E-state index in [1.54, 1.807) is 4.90 Å². The number of hydrogen-bond acceptors (Lipinski definition) is 4. The van der Waals surface area contributed by atoms with E-state index in [0.717, 1.165) is 5.52 Å². The molecule has 2 rings (SSSR count).